The SMILES string of the molecule is O=C(ON1CCNCC1)N1CCCC1. The van der Waals surface area contributed by atoms with Gasteiger partial charge in [0.1, 0.15) is 0 Å². The van der Waals surface area contributed by atoms with Crippen LogP contribution in [-0.2, 0) is 4.84 Å². The van der Waals surface area contributed by atoms with Crippen molar-refractivity contribution >= 4 is 6.09 Å². The summed E-state index contributed by atoms with van der Waals surface area (Å²) >= 11 is 0. The first-order valence-corrected chi connectivity index (χ1v) is 5.29. The first-order chi connectivity index (χ1) is 6.86. The molecule has 0 aromatic carbocycles. The molecule has 2 saturated heterocycles. The fourth-order valence-electron chi connectivity index (χ4n) is 1.80. The Morgan fingerprint density at radius 1 is 1.07 bits per heavy atom. The van der Waals surface area contributed by atoms with E-state index in [9.17, 15) is 4.79 Å². The summed E-state index contributed by atoms with van der Waals surface area (Å²) in [6, 6.07) is 0. The van der Waals surface area contributed by atoms with Crippen LogP contribution in [0.15, 0.2) is 0 Å². The van der Waals surface area contributed by atoms with Gasteiger partial charge >= 0.3 is 6.09 Å². The van der Waals surface area contributed by atoms with Crippen molar-refractivity contribution in [1.82, 2.24) is 15.3 Å². The molecule has 0 radical (unpaired) electrons. The van der Waals surface area contributed by atoms with E-state index in [4.69, 9.17) is 4.84 Å². The molecule has 0 aliphatic carbocycles. The highest BCUT2D eigenvalue weighted by molar-refractivity contribution is 5.67. The number of likely N-dealkylation sites (tertiary alicyclic amines) is 1. The maximum Gasteiger partial charge on any atom is 0.428 e. The van der Waals surface area contributed by atoms with E-state index in [1.807, 2.05) is 0 Å². The Balaban J connectivity index is 1.75. The molecule has 5 heteroatoms. The Labute approximate surface area is 83.9 Å². The molecule has 2 aliphatic heterocycles. The van der Waals surface area contributed by atoms with Crippen LogP contribution in [-0.4, -0.2) is 55.3 Å². The van der Waals surface area contributed by atoms with Gasteiger partial charge in [-0.25, -0.2) is 4.79 Å². The Morgan fingerprint density at radius 2 is 1.71 bits per heavy atom. The first kappa shape index (κ1) is 9.73. The van der Waals surface area contributed by atoms with Gasteiger partial charge in [0.05, 0.1) is 0 Å². The first-order valence-electron chi connectivity index (χ1n) is 5.29. The van der Waals surface area contributed by atoms with E-state index in [1.54, 1.807) is 9.96 Å². The lowest BCUT2D eigenvalue weighted by Gasteiger charge is -2.27. The Hall–Kier alpha value is -0.810. The van der Waals surface area contributed by atoms with Crippen molar-refractivity contribution in [3.63, 3.8) is 0 Å². The van der Waals surface area contributed by atoms with E-state index >= 15 is 0 Å². The summed E-state index contributed by atoms with van der Waals surface area (Å²) in [6.07, 6.45) is 2.04. The van der Waals surface area contributed by atoms with Gasteiger partial charge < -0.3 is 15.1 Å². The lowest BCUT2D eigenvalue weighted by atomic mass is 10.4. The molecular weight excluding hydrogens is 182 g/mol. The topological polar surface area (TPSA) is 44.8 Å². The molecular formula is C9H17N3O2. The number of rotatable bonds is 1. The van der Waals surface area contributed by atoms with Crippen LogP contribution >= 0.6 is 0 Å². The molecule has 14 heavy (non-hydrogen) atoms. The second-order valence-corrected chi connectivity index (χ2v) is 3.73. The molecule has 0 bridgehead atoms. The number of carbonyl (C=O) groups excluding carboxylic acids is 1. The van der Waals surface area contributed by atoms with Crippen LogP contribution in [0.25, 0.3) is 0 Å². The second-order valence-electron chi connectivity index (χ2n) is 3.73. The van der Waals surface area contributed by atoms with Gasteiger partial charge in [-0.15, -0.1) is 5.06 Å². The molecule has 2 rings (SSSR count). The molecule has 2 fully saturated rings. The number of nitrogens with zero attached hydrogens (tertiary/aromatic N) is 2. The van der Waals surface area contributed by atoms with Crippen LogP contribution in [0, 0.1) is 0 Å². The van der Waals surface area contributed by atoms with E-state index in [0.717, 1.165) is 52.1 Å². The Morgan fingerprint density at radius 3 is 2.36 bits per heavy atom. The maximum absolute atomic E-state index is 11.6. The van der Waals surface area contributed by atoms with Crippen molar-refractivity contribution in [3.8, 4) is 0 Å². The van der Waals surface area contributed by atoms with E-state index in [-0.39, 0.29) is 6.09 Å². The van der Waals surface area contributed by atoms with Gasteiger partial charge in [-0.3, -0.25) is 0 Å². The standard InChI is InChI=1S/C9H17N3O2/c13-9(11-5-1-2-6-11)14-12-7-3-10-4-8-12/h10H,1-8H2. The van der Waals surface area contributed by atoms with Gasteiger partial charge in [-0.05, 0) is 12.8 Å². The summed E-state index contributed by atoms with van der Waals surface area (Å²) in [5.41, 5.74) is 0. The third-order valence-electron chi connectivity index (χ3n) is 2.65. The quantitative estimate of drug-likeness (QED) is 0.647. The Bertz CT molecular complexity index is 198. The summed E-state index contributed by atoms with van der Waals surface area (Å²) in [6.45, 7) is 5.08. The smallest absolute Gasteiger partial charge is 0.351 e. The minimum Gasteiger partial charge on any atom is -0.351 e. The predicted octanol–water partition coefficient (Wildman–Crippen LogP) is 0.0390. The summed E-state index contributed by atoms with van der Waals surface area (Å²) in [4.78, 5) is 18.6. The van der Waals surface area contributed by atoms with E-state index in [0.29, 0.717) is 0 Å². The molecule has 0 spiro atoms. The largest absolute Gasteiger partial charge is 0.428 e. The van der Waals surface area contributed by atoms with Crippen LogP contribution in [0.3, 0.4) is 0 Å². The van der Waals surface area contributed by atoms with Gasteiger partial charge in [-0.2, -0.15) is 0 Å². The summed E-state index contributed by atoms with van der Waals surface area (Å²) in [5.74, 6) is 0. The molecule has 0 aromatic heterocycles. The predicted molar refractivity (Wildman–Crippen MR) is 51.7 cm³/mol. The van der Waals surface area contributed by atoms with Crippen molar-refractivity contribution in [2.45, 2.75) is 12.8 Å². The van der Waals surface area contributed by atoms with Crippen molar-refractivity contribution in [3.05, 3.63) is 0 Å². The third kappa shape index (κ3) is 2.36. The molecule has 0 saturated carbocycles. The summed E-state index contributed by atoms with van der Waals surface area (Å²) in [5, 5.41) is 4.96. The maximum atomic E-state index is 11.6. The molecule has 2 heterocycles. The average molecular weight is 199 g/mol. The number of hydroxylamine groups is 2. The number of hydrogen-bond acceptors (Lipinski definition) is 4. The zero-order valence-corrected chi connectivity index (χ0v) is 8.37. The van der Waals surface area contributed by atoms with Gasteiger partial charge in [0.2, 0.25) is 0 Å². The fourth-order valence-corrected chi connectivity index (χ4v) is 1.80. The molecule has 0 unspecified atom stereocenters. The number of carbonyl (C=O) groups is 1. The van der Waals surface area contributed by atoms with Crippen LogP contribution in [0.1, 0.15) is 12.8 Å². The van der Waals surface area contributed by atoms with Crippen LogP contribution in [0.2, 0.25) is 0 Å². The highest BCUT2D eigenvalue weighted by Crippen LogP contribution is 2.09. The fraction of sp³-hybridized carbons (Fsp3) is 0.889. The third-order valence-corrected chi connectivity index (χ3v) is 2.65. The molecule has 1 N–H and O–H groups in total. The summed E-state index contributed by atoms with van der Waals surface area (Å²) < 4.78 is 0. The number of amides is 1. The number of piperazine rings is 1. The Kier molecular flexibility index (Phi) is 3.21. The normalized spacial score (nSPS) is 23.9. The van der Waals surface area contributed by atoms with E-state index in [1.165, 1.54) is 0 Å². The molecule has 0 atom stereocenters. The zero-order valence-electron chi connectivity index (χ0n) is 8.37. The van der Waals surface area contributed by atoms with Crippen molar-refractivity contribution in [2.24, 2.45) is 0 Å². The number of hydrogen-bond donors (Lipinski definition) is 1. The van der Waals surface area contributed by atoms with E-state index in [2.05, 4.69) is 5.32 Å². The highest BCUT2D eigenvalue weighted by Gasteiger charge is 2.22. The van der Waals surface area contributed by atoms with Gasteiger partial charge in [-0.1, -0.05) is 0 Å². The lowest BCUT2D eigenvalue weighted by molar-refractivity contribution is -0.116. The molecule has 80 valence electrons. The molecule has 0 aromatic rings. The summed E-state index contributed by atoms with van der Waals surface area (Å²) in [7, 11) is 0. The van der Waals surface area contributed by atoms with Crippen molar-refractivity contribution in [1.29, 1.82) is 0 Å². The zero-order chi connectivity index (χ0) is 9.80. The highest BCUT2D eigenvalue weighted by atomic mass is 16.7. The van der Waals surface area contributed by atoms with Crippen LogP contribution < -0.4 is 5.32 Å². The van der Waals surface area contributed by atoms with Gasteiger partial charge in [0.25, 0.3) is 0 Å². The van der Waals surface area contributed by atoms with Gasteiger partial charge in [0.15, 0.2) is 0 Å². The lowest BCUT2D eigenvalue weighted by Crippen LogP contribution is -2.46. The average Bonchev–Trinajstić information content (AvgIpc) is 2.72. The van der Waals surface area contributed by atoms with Crippen molar-refractivity contribution in [2.75, 3.05) is 39.3 Å². The minimum atomic E-state index is -0.176. The number of nitrogens with one attached hydrogen (secondary N) is 1. The monoisotopic (exact) mass is 199 g/mol. The van der Waals surface area contributed by atoms with Gasteiger partial charge in [0, 0.05) is 39.3 Å². The molecule has 1 amide bonds. The minimum absolute atomic E-state index is 0.176. The van der Waals surface area contributed by atoms with Crippen molar-refractivity contribution < 1.29 is 9.63 Å². The molecule has 5 nitrogen and oxygen atoms in total. The van der Waals surface area contributed by atoms with Crippen LogP contribution in [0.4, 0.5) is 4.79 Å². The van der Waals surface area contributed by atoms with E-state index < -0.39 is 0 Å². The van der Waals surface area contributed by atoms with Crippen LogP contribution in [0.5, 0.6) is 0 Å². The molecule has 2 aliphatic rings. The second kappa shape index (κ2) is 4.61.